The molecule has 0 unspecified atom stereocenters. The predicted octanol–water partition coefficient (Wildman–Crippen LogP) is 4.61. The molecule has 0 fully saturated rings. The number of halogens is 1. The van der Waals surface area contributed by atoms with Gasteiger partial charge in [-0.25, -0.2) is 0 Å². The molecule has 0 atom stereocenters. The number of aryl methyl sites for hydroxylation is 3. The van der Waals surface area contributed by atoms with E-state index in [-0.39, 0.29) is 23.9 Å². The molecule has 0 aliphatic rings. The van der Waals surface area contributed by atoms with Gasteiger partial charge in [-0.3, -0.25) is 19.5 Å². The summed E-state index contributed by atoms with van der Waals surface area (Å²) in [6, 6.07) is 15.0. The summed E-state index contributed by atoms with van der Waals surface area (Å²) in [7, 11) is 3.57. The molecule has 38 heavy (non-hydrogen) atoms. The standard InChI is InChI=1S/C29H34N4O4.ClH/c1-21-18-27(37-22(21)2)29(35)31(3)15-16-33(20-23-10-12-30-13-11-23)14-5-17-36-25-7-8-26-24(19-25)6-9-28(34)32(26)4;/h6-13,18-19H,5,14-17,20H2,1-4H3;1H. The van der Waals surface area contributed by atoms with Crippen LogP contribution in [0.3, 0.4) is 0 Å². The van der Waals surface area contributed by atoms with E-state index in [0.717, 1.165) is 47.5 Å². The number of aromatic nitrogens is 2. The first-order valence-electron chi connectivity index (χ1n) is 12.5. The highest BCUT2D eigenvalue weighted by Crippen LogP contribution is 2.20. The van der Waals surface area contributed by atoms with E-state index in [1.807, 2.05) is 50.2 Å². The van der Waals surface area contributed by atoms with Gasteiger partial charge in [0.25, 0.3) is 11.5 Å². The van der Waals surface area contributed by atoms with E-state index in [1.165, 1.54) is 5.56 Å². The molecule has 0 N–H and O–H groups in total. The van der Waals surface area contributed by atoms with Gasteiger partial charge in [-0.1, -0.05) is 0 Å². The number of furan rings is 1. The Morgan fingerprint density at radius 2 is 1.79 bits per heavy atom. The molecule has 1 amide bonds. The van der Waals surface area contributed by atoms with Crippen LogP contribution in [0.5, 0.6) is 5.75 Å². The molecule has 0 radical (unpaired) electrons. The van der Waals surface area contributed by atoms with E-state index in [4.69, 9.17) is 9.15 Å². The van der Waals surface area contributed by atoms with Gasteiger partial charge in [0.15, 0.2) is 5.76 Å². The van der Waals surface area contributed by atoms with Crippen LogP contribution in [-0.4, -0.2) is 58.5 Å². The van der Waals surface area contributed by atoms with Gasteiger partial charge in [-0.05, 0) is 73.9 Å². The Bertz CT molecular complexity index is 1400. The van der Waals surface area contributed by atoms with Crippen molar-refractivity contribution in [2.45, 2.75) is 26.8 Å². The molecule has 4 aromatic rings. The van der Waals surface area contributed by atoms with Crippen molar-refractivity contribution in [3.63, 3.8) is 0 Å². The highest BCUT2D eigenvalue weighted by molar-refractivity contribution is 5.91. The van der Waals surface area contributed by atoms with Crippen LogP contribution in [-0.2, 0) is 13.6 Å². The van der Waals surface area contributed by atoms with Gasteiger partial charge in [-0.2, -0.15) is 0 Å². The molecule has 0 spiro atoms. The molecule has 9 heteroatoms. The molecule has 1 aromatic carbocycles. The molecule has 8 nitrogen and oxygen atoms in total. The number of carbonyl (C=O) groups is 1. The average Bonchev–Trinajstić information content (AvgIpc) is 3.24. The summed E-state index contributed by atoms with van der Waals surface area (Å²) in [6.45, 7) is 7.22. The second-order valence-corrected chi connectivity index (χ2v) is 9.36. The minimum Gasteiger partial charge on any atom is -0.494 e. The summed E-state index contributed by atoms with van der Waals surface area (Å²) in [5.74, 6) is 1.81. The summed E-state index contributed by atoms with van der Waals surface area (Å²) in [5.41, 5.74) is 2.99. The van der Waals surface area contributed by atoms with Crippen molar-refractivity contribution in [1.29, 1.82) is 0 Å². The maximum absolute atomic E-state index is 12.8. The van der Waals surface area contributed by atoms with E-state index < -0.39 is 0 Å². The van der Waals surface area contributed by atoms with Crippen molar-refractivity contribution in [1.82, 2.24) is 19.4 Å². The Hall–Kier alpha value is -3.62. The third kappa shape index (κ3) is 7.24. The number of hydrogen-bond donors (Lipinski definition) is 0. The van der Waals surface area contributed by atoms with E-state index in [1.54, 1.807) is 48.1 Å². The van der Waals surface area contributed by atoms with Gasteiger partial charge in [-0.15, -0.1) is 12.4 Å². The third-order valence-electron chi connectivity index (χ3n) is 6.61. The summed E-state index contributed by atoms with van der Waals surface area (Å²) in [4.78, 5) is 32.8. The summed E-state index contributed by atoms with van der Waals surface area (Å²) in [6.07, 6.45) is 4.41. The maximum Gasteiger partial charge on any atom is 0.289 e. The summed E-state index contributed by atoms with van der Waals surface area (Å²) in [5, 5.41) is 0.966. The fraction of sp³-hybridized carbons (Fsp3) is 0.345. The second kappa shape index (κ2) is 13.3. The molecule has 4 rings (SSSR count). The first-order valence-corrected chi connectivity index (χ1v) is 12.5. The molecule has 0 aliphatic heterocycles. The van der Waals surface area contributed by atoms with E-state index in [9.17, 15) is 9.59 Å². The molecular weight excluding hydrogens is 504 g/mol. The van der Waals surface area contributed by atoms with Crippen molar-refractivity contribution >= 4 is 29.2 Å². The molecule has 202 valence electrons. The van der Waals surface area contributed by atoms with E-state index in [0.29, 0.717) is 25.5 Å². The van der Waals surface area contributed by atoms with Crippen LogP contribution in [0.4, 0.5) is 0 Å². The van der Waals surface area contributed by atoms with Crippen molar-refractivity contribution < 1.29 is 13.9 Å². The highest BCUT2D eigenvalue weighted by atomic mass is 35.5. The molecule has 0 aliphatic carbocycles. The number of benzene rings is 1. The first-order chi connectivity index (χ1) is 17.8. The lowest BCUT2D eigenvalue weighted by atomic mass is 10.2. The lowest BCUT2D eigenvalue weighted by Gasteiger charge is -2.25. The minimum atomic E-state index is -0.114. The number of pyridine rings is 2. The van der Waals surface area contributed by atoms with Crippen molar-refractivity contribution in [2.24, 2.45) is 7.05 Å². The zero-order valence-corrected chi connectivity index (χ0v) is 23.2. The predicted molar refractivity (Wildman–Crippen MR) is 151 cm³/mol. The first kappa shape index (κ1) is 28.9. The zero-order chi connectivity index (χ0) is 26.4. The Balaban J connectivity index is 0.00000400. The molecule has 3 aromatic heterocycles. The number of ether oxygens (including phenoxy) is 1. The number of rotatable bonds is 11. The number of amides is 1. The van der Waals surface area contributed by atoms with Crippen molar-refractivity contribution in [3.8, 4) is 5.75 Å². The van der Waals surface area contributed by atoms with Crippen LogP contribution in [0.15, 0.2) is 70.1 Å². The summed E-state index contributed by atoms with van der Waals surface area (Å²) >= 11 is 0. The van der Waals surface area contributed by atoms with Crippen LogP contribution >= 0.6 is 12.4 Å². The fourth-order valence-corrected chi connectivity index (χ4v) is 4.21. The molecule has 3 heterocycles. The highest BCUT2D eigenvalue weighted by Gasteiger charge is 2.18. The fourth-order valence-electron chi connectivity index (χ4n) is 4.21. The van der Waals surface area contributed by atoms with Gasteiger partial charge in [0, 0.05) is 64.1 Å². The van der Waals surface area contributed by atoms with Crippen LogP contribution in [0.25, 0.3) is 10.9 Å². The Labute approximate surface area is 229 Å². The van der Waals surface area contributed by atoms with Crippen LogP contribution < -0.4 is 10.3 Å². The SMILES string of the molecule is Cc1cc(C(=O)N(C)CCN(CCCOc2ccc3c(ccc(=O)n3C)c2)Cc2ccncc2)oc1C.Cl. The van der Waals surface area contributed by atoms with Gasteiger partial charge >= 0.3 is 0 Å². The zero-order valence-electron chi connectivity index (χ0n) is 22.3. The largest absolute Gasteiger partial charge is 0.494 e. The maximum atomic E-state index is 12.8. The van der Waals surface area contributed by atoms with Crippen molar-refractivity contribution in [3.05, 3.63) is 93.9 Å². The van der Waals surface area contributed by atoms with Gasteiger partial charge in [0.1, 0.15) is 11.5 Å². The van der Waals surface area contributed by atoms with Crippen molar-refractivity contribution in [2.75, 3.05) is 33.3 Å². The van der Waals surface area contributed by atoms with E-state index in [2.05, 4.69) is 9.88 Å². The second-order valence-electron chi connectivity index (χ2n) is 9.36. The Kier molecular flexibility index (Phi) is 10.1. The van der Waals surface area contributed by atoms with Crippen LogP contribution in [0.2, 0.25) is 0 Å². The molecular formula is C29H35ClN4O4. The molecule has 0 saturated carbocycles. The Morgan fingerprint density at radius 1 is 1.03 bits per heavy atom. The lowest BCUT2D eigenvalue weighted by molar-refractivity contribution is 0.0742. The number of fused-ring (bicyclic) bond motifs is 1. The van der Waals surface area contributed by atoms with Gasteiger partial charge in [0.05, 0.1) is 12.1 Å². The average molecular weight is 539 g/mol. The molecule has 0 saturated heterocycles. The normalized spacial score (nSPS) is 11.0. The number of likely N-dealkylation sites (N-methyl/N-ethyl adjacent to an activating group) is 1. The number of hydrogen-bond acceptors (Lipinski definition) is 6. The van der Waals surface area contributed by atoms with Gasteiger partial charge in [0.2, 0.25) is 0 Å². The number of nitrogens with zero attached hydrogens (tertiary/aromatic N) is 4. The minimum absolute atomic E-state index is 0. The Morgan fingerprint density at radius 3 is 2.50 bits per heavy atom. The summed E-state index contributed by atoms with van der Waals surface area (Å²) < 4.78 is 13.3. The smallest absolute Gasteiger partial charge is 0.289 e. The quantitative estimate of drug-likeness (QED) is 0.259. The molecule has 0 bridgehead atoms. The van der Waals surface area contributed by atoms with E-state index >= 15 is 0 Å². The number of carbonyl (C=O) groups excluding carboxylic acids is 1. The van der Waals surface area contributed by atoms with Crippen LogP contribution in [0.1, 0.15) is 33.9 Å². The topological polar surface area (TPSA) is 80.8 Å². The third-order valence-corrected chi connectivity index (χ3v) is 6.61. The monoisotopic (exact) mass is 538 g/mol. The van der Waals surface area contributed by atoms with Gasteiger partial charge < -0.3 is 18.6 Å². The van der Waals surface area contributed by atoms with Crippen LogP contribution in [0, 0.1) is 13.8 Å². The lowest BCUT2D eigenvalue weighted by Crippen LogP contribution is -2.36.